The summed E-state index contributed by atoms with van der Waals surface area (Å²) >= 11 is 13.0. The van der Waals surface area contributed by atoms with Crippen molar-refractivity contribution < 1.29 is 24.6 Å². The molecule has 12 heteroatoms. The third-order valence-electron chi connectivity index (χ3n) is 6.50. The predicted molar refractivity (Wildman–Crippen MR) is 139 cm³/mol. The minimum atomic E-state index is -0.820. The summed E-state index contributed by atoms with van der Waals surface area (Å²) in [5.41, 5.74) is 4.07. The lowest BCUT2D eigenvalue weighted by molar-refractivity contribution is -0.137. The number of aliphatic hydroxyl groups is 1. The number of nitrogens with one attached hydrogen (secondary N) is 2. The number of unbranched alkanes of at least 4 members (excludes halogenated alkanes) is 2. The van der Waals surface area contributed by atoms with Gasteiger partial charge in [0.25, 0.3) is 0 Å². The number of hydrogen-bond acceptors (Lipinski definition) is 5. The number of halogens is 2. The molecule has 1 aliphatic rings. The van der Waals surface area contributed by atoms with E-state index in [1.807, 2.05) is 12.3 Å². The van der Waals surface area contributed by atoms with Crippen LogP contribution in [0, 0.1) is 0 Å². The van der Waals surface area contributed by atoms with E-state index in [-0.39, 0.29) is 18.2 Å². The lowest BCUT2D eigenvalue weighted by Crippen LogP contribution is -2.37. The van der Waals surface area contributed by atoms with E-state index >= 15 is 0 Å². The van der Waals surface area contributed by atoms with Gasteiger partial charge in [0, 0.05) is 67.3 Å². The summed E-state index contributed by atoms with van der Waals surface area (Å²) in [4.78, 5) is 39.7. The van der Waals surface area contributed by atoms with E-state index in [1.165, 1.54) is 0 Å². The summed E-state index contributed by atoms with van der Waals surface area (Å²) in [6.45, 7) is 1.19. The van der Waals surface area contributed by atoms with E-state index in [2.05, 4.69) is 15.4 Å². The maximum Gasteiger partial charge on any atom is 0.303 e. The number of aromatic nitrogens is 3. The maximum atomic E-state index is 12.1. The van der Waals surface area contributed by atoms with Gasteiger partial charge in [0.1, 0.15) is 6.61 Å². The highest BCUT2D eigenvalue weighted by atomic mass is 35.5. The summed E-state index contributed by atoms with van der Waals surface area (Å²) in [6.07, 6.45) is 4.84. The minimum Gasteiger partial charge on any atom is -0.481 e. The molecule has 0 radical (unpaired) electrons. The zero-order chi connectivity index (χ0) is 26.5. The number of carboxylic acid groups (broad SMARTS) is 1. The Morgan fingerprint density at radius 3 is 2.70 bits per heavy atom. The highest BCUT2D eigenvalue weighted by molar-refractivity contribution is 6.45. The molecular formula is C25H29Cl2N5O5. The lowest BCUT2D eigenvalue weighted by atomic mass is 9.99. The molecule has 0 bridgehead atoms. The van der Waals surface area contributed by atoms with E-state index in [4.69, 9.17) is 28.3 Å². The van der Waals surface area contributed by atoms with Gasteiger partial charge in [-0.15, -0.1) is 0 Å². The fourth-order valence-electron chi connectivity index (χ4n) is 4.62. The van der Waals surface area contributed by atoms with Gasteiger partial charge in [-0.2, -0.15) is 5.10 Å². The fourth-order valence-corrected chi connectivity index (χ4v) is 5.02. The second-order valence-corrected chi connectivity index (χ2v) is 9.83. The van der Waals surface area contributed by atoms with Gasteiger partial charge in [-0.05, 0) is 25.0 Å². The molecule has 2 amide bonds. The number of nitrogens with zero attached hydrogens (tertiary/aromatic N) is 3. The van der Waals surface area contributed by atoms with E-state index in [0.29, 0.717) is 79.5 Å². The number of carbonyl (C=O) groups is 3. The van der Waals surface area contributed by atoms with Crippen LogP contribution in [0.1, 0.15) is 43.4 Å². The topological polar surface area (TPSA) is 141 Å². The fraction of sp³-hybridized carbons (Fsp3) is 0.440. The Morgan fingerprint density at radius 1 is 1.16 bits per heavy atom. The normalized spacial score (nSPS) is 13.1. The predicted octanol–water partition coefficient (Wildman–Crippen LogP) is 3.37. The van der Waals surface area contributed by atoms with Crippen LogP contribution >= 0.6 is 23.2 Å². The third-order valence-corrected chi connectivity index (χ3v) is 7.29. The van der Waals surface area contributed by atoms with Crippen LogP contribution in [0.3, 0.4) is 0 Å². The molecule has 2 aromatic heterocycles. The van der Waals surface area contributed by atoms with Crippen LogP contribution in [-0.2, 0) is 33.9 Å². The third kappa shape index (κ3) is 6.26. The van der Waals surface area contributed by atoms with Crippen LogP contribution < -0.4 is 5.32 Å². The molecule has 3 aromatic rings. The molecule has 0 unspecified atom stereocenters. The number of fused-ring (bicyclic) bond motifs is 3. The van der Waals surface area contributed by atoms with Crippen LogP contribution in [0.15, 0.2) is 18.3 Å². The van der Waals surface area contributed by atoms with E-state index in [9.17, 15) is 19.5 Å². The number of aliphatic hydroxyl groups excluding tert-OH is 1. The lowest BCUT2D eigenvalue weighted by Gasteiger charge is -2.26. The highest BCUT2D eigenvalue weighted by Crippen LogP contribution is 2.41. The first-order valence-electron chi connectivity index (χ1n) is 12.2. The molecule has 0 saturated heterocycles. The molecule has 4 N–H and O–H groups in total. The van der Waals surface area contributed by atoms with Crippen molar-refractivity contribution in [2.45, 2.75) is 51.6 Å². The molecule has 0 atom stereocenters. The Hall–Kier alpha value is -3.08. The first kappa shape index (κ1) is 27.0. The van der Waals surface area contributed by atoms with Crippen molar-refractivity contribution in [3.05, 3.63) is 39.6 Å². The van der Waals surface area contributed by atoms with Crippen molar-refractivity contribution in [1.82, 2.24) is 25.0 Å². The first-order chi connectivity index (χ1) is 17.8. The first-order valence-corrected chi connectivity index (χ1v) is 13.0. The number of aliphatic carboxylic acids is 1. The minimum absolute atomic E-state index is 0.0742. The van der Waals surface area contributed by atoms with E-state index < -0.39 is 12.6 Å². The molecular weight excluding hydrogens is 521 g/mol. The van der Waals surface area contributed by atoms with Gasteiger partial charge in [0.05, 0.1) is 27.8 Å². The maximum absolute atomic E-state index is 12.1. The molecule has 3 heterocycles. The Morgan fingerprint density at radius 2 is 1.95 bits per heavy atom. The van der Waals surface area contributed by atoms with Crippen molar-refractivity contribution >= 4 is 51.9 Å². The monoisotopic (exact) mass is 549 g/mol. The number of carbonyl (C=O) groups excluding carboxylic acids is 2. The van der Waals surface area contributed by atoms with Crippen molar-refractivity contribution in [2.75, 3.05) is 19.7 Å². The van der Waals surface area contributed by atoms with Crippen molar-refractivity contribution in [3.8, 4) is 11.3 Å². The molecule has 0 fully saturated rings. The molecule has 37 heavy (non-hydrogen) atoms. The van der Waals surface area contributed by atoms with Crippen LogP contribution in [0.25, 0.3) is 22.2 Å². The van der Waals surface area contributed by atoms with E-state index in [0.717, 1.165) is 22.2 Å². The zero-order valence-electron chi connectivity index (χ0n) is 20.2. The van der Waals surface area contributed by atoms with Crippen molar-refractivity contribution in [1.29, 1.82) is 0 Å². The summed E-state index contributed by atoms with van der Waals surface area (Å²) in [5, 5.41) is 27.1. The number of amides is 2. The molecule has 10 nitrogen and oxygen atoms in total. The number of hydrogen-bond donors (Lipinski definition) is 4. The van der Waals surface area contributed by atoms with E-state index in [1.54, 1.807) is 15.6 Å². The van der Waals surface area contributed by atoms with Gasteiger partial charge in [-0.3, -0.25) is 19.1 Å². The average Bonchev–Trinajstić information content (AvgIpc) is 3.50. The molecule has 0 spiro atoms. The smallest absolute Gasteiger partial charge is 0.303 e. The number of H-pyrrole nitrogens is 1. The molecule has 1 aromatic carbocycles. The molecule has 0 saturated carbocycles. The van der Waals surface area contributed by atoms with Crippen LogP contribution in [0.4, 0.5) is 0 Å². The summed E-state index contributed by atoms with van der Waals surface area (Å²) < 4.78 is 1.73. The Bertz CT molecular complexity index is 1320. The van der Waals surface area contributed by atoms with Crippen LogP contribution in [-0.4, -0.2) is 67.4 Å². The van der Waals surface area contributed by atoms with Gasteiger partial charge in [-0.1, -0.05) is 29.6 Å². The summed E-state index contributed by atoms with van der Waals surface area (Å²) in [7, 11) is 0. The van der Waals surface area contributed by atoms with Crippen LogP contribution in [0.5, 0.6) is 0 Å². The van der Waals surface area contributed by atoms with Crippen molar-refractivity contribution in [2.24, 2.45) is 0 Å². The number of aromatic amines is 1. The zero-order valence-corrected chi connectivity index (χ0v) is 21.7. The quantitative estimate of drug-likeness (QED) is 0.270. The van der Waals surface area contributed by atoms with Gasteiger partial charge < -0.3 is 25.4 Å². The second kappa shape index (κ2) is 12.0. The molecule has 198 valence electrons. The van der Waals surface area contributed by atoms with Gasteiger partial charge in [0.2, 0.25) is 11.8 Å². The van der Waals surface area contributed by atoms with Crippen LogP contribution in [0.2, 0.25) is 10.0 Å². The Labute approximate surface area is 223 Å². The van der Waals surface area contributed by atoms with Crippen molar-refractivity contribution in [3.63, 3.8) is 0 Å². The summed E-state index contributed by atoms with van der Waals surface area (Å²) in [6, 6.07) is 3.63. The average molecular weight is 550 g/mol. The molecule has 4 rings (SSSR count). The van der Waals surface area contributed by atoms with Gasteiger partial charge >= 0.3 is 5.97 Å². The molecule has 0 aliphatic carbocycles. The SMILES string of the molecule is O=C(O)CCCCCC(=O)NCCn1ccc(-c2cc(Cl)c(Cl)c3[nH]c4c(c23)CN(C(=O)CO)CC4)n1. The Kier molecular flexibility index (Phi) is 8.73. The second-order valence-electron chi connectivity index (χ2n) is 9.04. The van der Waals surface area contributed by atoms with Gasteiger partial charge in [-0.25, -0.2) is 0 Å². The number of carboxylic acids is 1. The Balaban J connectivity index is 1.45. The number of benzene rings is 1. The summed E-state index contributed by atoms with van der Waals surface area (Å²) in [5.74, 6) is -1.22. The van der Waals surface area contributed by atoms with Gasteiger partial charge in [0.15, 0.2) is 0 Å². The number of rotatable bonds is 11. The highest BCUT2D eigenvalue weighted by Gasteiger charge is 2.27. The largest absolute Gasteiger partial charge is 0.481 e. The molecule has 1 aliphatic heterocycles. The standard InChI is InChI=1S/C25H29Cl2N5O5/c26-17-12-15(23-16-13-31(21(35)14-33)9-6-18(16)29-25(23)24(17)27)19-7-10-32(30-19)11-8-28-20(34)4-2-1-3-5-22(36)37/h7,10,12,29,33H,1-6,8-9,11,13-14H2,(H,28,34)(H,36,37).